The Hall–Kier alpha value is -4.60. The lowest BCUT2D eigenvalue weighted by atomic mass is 10.0. The molecule has 1 rings (SSSR count). The topological polar surface area (TPSA) is 300 Å². The van der Waals surface area contributed by atoms with Crippen LogP contribution in [0.1, 0.15) is 51.5 Å². The van der Waals surface area contributed by atoms with Gasteiger partial charge >= 0.3 is 5.97 Å². The number of amides is 3. The molecule has 0 radical (unpaired) electrons. The number of carboxylic acids is 1. The van der Waals surface area contributed by atoms with Gasteiger partial charge in [-0.2, -0.15) is 0 Å². The Morgan fingerprint density at radius 3 is 1.72 bits per heavy atom. The molecule has 0 aliphatic carbocycles. The maximum Gasteiger partial charge on any atom is 0.326 e. The van der Waals surface area contributed by atoms with Crippen molar-refractivity contribution in [3.8, 4) is 5.75 Å². The van der Waals surface area contributed by atoms with E-state index in [1.165, 1.54) is 12.1 Å². The molecule has 16 heteroatoms. The van der Waals surface area contributed by atoms with Gasteiger partial charge in [-0.3, -0.25) is 24.4 Å². The van der Waals surface area contributed by atoms with Gasteiger partial charge in [0.15, 0.2) is 11.9 Å². The molecule has 4 unspecified atom stereocenters. The van der Waals surface area contributed by atoms with E-state index in [0.29, 0.717) is 18.4 Å². The minimum Gasteiger partial charge on any atom is -0.508 e. The quantitative estimate of drug-likeness (QED) is 0.0464. The number of phenols is 1. The van der Waals surface area contributed by atoms with Crippen molar-refractivity contribution in [2.45, 2.75) is 76.5 Å². The molecule has 0 aliphatic heterocycles. The predicted molar refractivity (Wildman–Crippen MR) is 162 cm³/mol. The van der Waals surface area contributed by atoms with Crippen LogP contribution in [-0.4, -0.2) is 83.1 Å². The molecule has 1 aromatic carbocycles. The van der Waals surface area contributed by atoms with Crippen LogP contribution < -0.4 is 44.6 Å². The molecule has 1 aromatic rings. The molecular weight excluding hydrogens is 560 g/mol. The van der Waals surface area contributed by atoms with Crippen LogP contribution >= 0.6 is 0 Å². The maximum atomic E-state index is 13.4. The largest absolute Gasteiger partial charge is 0.508 e. The lowest BCUT2D eigenvalue weighted by Gasteiger charge is -2.26. The molecule has 16 nitrogen and oxygen atoms in total. The number of carbonyl (C=O) groups excluding carboxylic acids is 3. The van der Waals surface area contributed by atoms with E-state index in [1.807, 2.05) is 13.8 Å². The summed E-state index contributed by atoms with van der Waals surface area (Å²) in [6, 6.07) is 1.77. The Balaban J connectivity index is 3.02. The number of nitrogens with two attached hydrogens (primary N) is 5. The van der Waals surface area contributed by atoms with Crippen LogP contribution in [0.2, 0.25) is 0 Å². The smallest absolute Gasteiger partial charge is 0.326 e. The summed E-state index contributed by atoms with van der Waals surface area (Å²) in [4.78, 5) is 59.0. The fourth-order valence-electron chi connectivity index (χ4n) is 4.04. The number of hydrogen-bond acceptors (Lipinski definition) is 8. The minimum atomic E-state index is -1.25. The van der Waals surface area contributed by atoms with Gasteiger partial charge in [-0.1, -0.05) is 26.0 Å². The second kappa shape index (κ2) is 18.8. The van der Waals surface area contributed by atoms with E-state index >= 15 is 0 Å². The van der Waals surface area contributed by atoms with E-state index in [1.54, 1.807) is 12.1 Å². The number of hydrogen-bond donors (Lipinski definition) is 10. The normalized spacial score (nSPS) is 13.6. The van der Waals surface area contributed by atoms with Gasteiger partial charge in [0.1, 0.15) is 23.9 Å². The van der Waals surface area contributed by atoms with Gasteiger partial charge in [-0.15, -0.1) is 0 Å². The van der Waals surface area contributed by atoms with E-state index in [4.69, 9.17) is 28.7 Å². The lowest BCUT2D eigenvalue weighted by Crippen LogP contribution is -2.57. The van der Waals surface area contributed by atoms with Crippen LogP contribution in [0, 0.1) is 5.92 Å². The van der Waals surface area contributed by atoms with Gasteiger partial charge in [0.25, 0.3) is 0 Å². The van der Waals surface area contributed by atoms with Crippen molar-refractivity contribution in [1.29, 1.82) is 0 Å². The van der Waals surface area contributed by atoms with Crippen LogP contribution in [0.3, 0.4) is 0 Å². The summed E-state index contributed by atoms with van der Waals surface area (Å²) in [5.41, 5.74) is 28.1. The lowest BCUT2D eigenvalue weighted by molar-refractivity contribution is -0.142. The van der Waals surface area contributed by atoms with Crippen molar-refractivity contribution in [2.24, 2.45) is 44.6 Å². The van der Waals surface area contributed by atoms with Gasteiger partial charge in [0.2, 0.25) is 17.7 Å². The second-order valence-electron chi connectivity index (χ2n) is 10.5. The van der Waals surface area contributed by atoms with Gasteiger partial charge in [0.05, 0.1) is 6.04 Å². The van der Waals surface area contributed by atoms with Crippen LogP contribution in [0.25, 0.3) is 0 Å². The highest BCUT2D eigenvalue weighted by Crippen LogP contribution is 2.12. The molecule has 4 atom stereocenters. The van der Waals surface area contributed by atoms with Crippen molar-refractivity contribution in [3.63, 3.8) is 0 Å². The molecule has 240 valence electrons. The highest BCUT2D eigenvalue weighted by atomic mass is 16.4. The summed E-state index contributed by atoms with van der Waals surface area (Å²) in [5, 5.41) is 26.9. The Morgan fingerprint density at radius 2 is 1.23 bits per heavy atom. The number of benzene rings is 1. The van der Waals surface area contributed by atoms with Crippen LogP contribution in [0.5, 0.6) is 5.75 Å². The number of aromatic hydroxyl groups is 1. The average Bonchev–Trinajstić information content (AvgIpc) is 2.91. The third-order valence-corrected chi connectivity index (χ3v) is 6.21. The van der Waals surface area contributed by atoms with Crippen molar-refractivity contribution in [2.75, 3.05) is 13.1 Å². The highest BCUT2D eigenvalue weighted by molar-refractivity contribution is 5.94. The standard InChI is InChI=1S/C27H46N10O6/c1-15(2)13-21(24(41)36-20(25(42)43)6-4-12-34-27(31)32)37-23(40)19(5-3-11-33-26(29)30)35-22(39)18(28)14-16-7-9-17(38)10-8-16/h7-10,15,18-21,38H,3-6,11-14,28H2,1-2H3,(H,35,39)(H,36,41)(H,37,40)(H,42,43)(H4,29,30,33)(H4,31,32,34). The Kier molecular flexibility index (Phi) is 15.9. The van der Waals surface area contributed by atoms with Crippen LogP contribution in [0.15, 0.2) is 34.3 Å². The third kappa shape index (κ3) is 15.3. The number of guanidine groups is 2. The van der Waals surface area contributed by atoms with Gasteiger partial charge in [0, 0.05) is 13.1 Å². The molecule has 0 spiro atoms. The number of aliphatic carboxylic acids is 1. The molecule has 0 aromatic heterocycles. The van der Waals surface area contributed by atoms with E-state index in [-0.39, 0.29) is 62.4 Å². The number of carboxylic acid groups (broad SMARTS) is 1. The van der Waals surface area contributed by atoms with Crippen molar-refractivity contribution in [3.05, 3.63) is 29.8 Å². The van der Waals surface area contributed by atoms with Crippen LogP contribution in [-0.2, 0) is 25.6 Å². The van der Waals surface area contributed by atoms with Crippen molar-refractivity contribution >= 4 is 35.6 Å². The third-order valence-electron chi connectivity index (χ3n) is 6.21. The number of aliphatic imine (C=N–C) groups is 2. The Labute approximate surface area is 250 Å². The first-order valence-electron chi connectivity index (χ1n) is 14.0. The highest BCUT2D eigenvalue weighted by Gasteiger charge is 2.30. The minimum absolute atomic E-state index is 0.0465. The fraction of sp³-hybridized carbons (Fsp3) is 0.556. The first-order chi connectivity index (χ1) is 20.2. The van der Waals surface area contributed by atoms with E-state index < -0.39 is 47.9 Å². The summed E-state index contributed by atoms with van der Waals surface area (Å²) < 4.78 is 0. The van der Waals surface area contributed by atoms with Crippen LogP contribution in [0.4, 0.5) is 0 Å². The summed E-state index contributed by atoms with van der Waals surface area (Å²) >= 11 is 0. The second-order valence-corrected chi connectivity index (χ2v) is 10.5. The van der Waals surface area contributed by atoms with Gasteiger partial charge in [-0.05, 0) is 62.1 Å². The van der Waals surface area contributed by atoms with E-state index in [2.05, 4.69) is 25.9 Å². The number of phenolic OH excluding ortho intramolecular Hbond substituents is 1. The first-order valence-corrected chi connectivity index (χ1v) is 14.0. The summed E-state index contributed by atoms with van der Waals surface area (Å²) in [5.74, 6) is -3.43. The fourth-order valence-corrected chi connectivity index (χ4v) is 4.04. The van der Waals surface area contributed by atoms with Crippen molar-refractivity contribution in [1.82, 2.24) is 16.0 Å². The molecule has 0 heterocycles. The summed E-state index contributed by atoms with van der Waals surface area (Å²) in [6.45, 7) is 4.06. The molecule has 0 fully saturated rings. The number of nitrogens with one attached hydrogen (secondary N) is 3. The Morgan fingerprint density at radius 1 is 0.767 bits per heavy atom. The van der Waals surface area contributed by atoms with E-state index in [9.17, 15) is 29.4 Å². The van der Waals surface area contributed by atoms with Gasteiger partial charge in [-0.25, -0.2) is 4.79 Å². The molecule has 0 aliphatic rings. The first kappa shape index (κ1) is 36.4. The summed E-state index contributed by atoms with van der Waals surface area (Å²) in [6.07, 6.45) is 1.15. The molecular formula is C27H46N10O6. The molecule has 0 saturated carbocycles. The zero-order valence-corrected chi connectivity index (χ0v) is 24.7. The van der Waals surface area contributed by atoms with E-state index in [0.717, 1.165) is 0 Å². The molecule has 43 heavy (non-hydrogen) atoms. The zero-order valence-electron chi connectivity index (χ0n) is 24.7. The van der Waals surface area contributed by atoms with Crippen molar-refractivity contribution < 1.29 is 29.4 Å². The average molecular weight is 607 g/mol. The molecule has 3 amide bonds. The number of nitrogens with zero attached hydrogens (tertiary/aromatic N) is 2. The molecule has 0 saturated heterocycles. The molecule has 0 bridgehead atoms. The van der Waals surface area contributed by atoms with Gasteiger partial charge < -0.3 is 54.8 Å². The number of carbonyl (C=O) groups is 4. The zero-order chi connectivity index (χ0) is 32.5. The summed E-state index contributed by atoms with van der Waals surface area (Å²) in [7, 11) is 0. The number of rotatable bonds is 19. The maximum absolute atomic E-state index is 13.4. The molecule has 15 N–H and O–H groups in total. The monoisotopic (exact) mass is 606 g/mol. The predicted octanol–water partition coefficient (Wildman–Crippen LogP) is -2.05. The Bertz CT molecular complexity index is 1120. The SMILES string of the molecule is CC(C)CC(NC(=O)C(CCCN=C(N)N)NC(=O)C(N)Cc1ccc(O)cc1)C(=O)NC(CCCN=C(N)N)C(=O)O.